The number of aryl methyl sites for hydroxylation is 1. The fraction of sp³-hybridized carbons (Fsp3) is 0.156. The van der Waals surface area contributed by atoms with Crippen LogP contribution in [0.2, 0.25) is 0 Å². The van der Waals surface area contributed by atoms with E-state index in [2.05, 4.69) is 275 Å². The lowest BCUT2D eigenvalue weighted by Crippen LogP contribution is -2.13. The van der Waals surface area contributed by atoms with Gasteiger partial charge in [-0.2, -0.15) is 0 Å². The summed E-state index contributed by atoms with van der Waals surface area (Å²) in [7, 11) is 0. The number of thiophene rings is 1. The number of nitrogens with zero attached hydrogens (tertiary/aromatic N) is 7. The van der Waals surface area contributed by atoms with Gasteiger partial charge in [0.25, 0.3) is 0 Å². The van der Waals surface area contributed by atoms with Crippen LogP contribution in [0.4, 0.5) is 34.1 Å². The number of benzene rings is 11. The lowest BCUT2D eigenvalue weighted by atomic mass is 9.81. The largest absolute Gasteiger partial charge is 0.311 e. The highest BCUT2D eigenvalue weighted by atomic mass is 32.1. The van der Waals surface area contributed by atoms with Gasteiger partial charge in [-0.15, -0.1) is 11.3 Å². The van der Waals surface area contributed by atoms with Gasteiger partial charge in [0.2, 0.25) is 0 Å². The van der Waals surface area contributed by atoms with E-state index in [-0.39, 0.29) is 0 Å². The summed E-state index contributed by atoms with van der Waals surface area (Å²) in [5.74, 6) is 5.00. The molecule has 4 saturated carbocycles. The average molecular weight is 1360 g/mol. The van der Waals surface area contributed by atoms with Crippen molar-refractivity contribution >= 4 is 120 Å². The molecule has 500 valence electrons. The Morgan fingerprint density at radius 2 is 0.808 bits per heavy atom. The molecule has 6 aromatic heterocycles. The third-order valence-electron chi connectivity index (χ3n) is 23.6. The van der Waals surface area contributed by atoms with Gasteiger partial charge in [0.15, 0.2) is 0 Å². The standard InChI is InChI=1S/C49H37N5.C47H38N2S/c1-5-36-29-44(41-7-3-25-52-48(41)46(36)50-23-1)33-13-19-39(20-14-33)54(38-17-11-32(12-18-38)43-28-31-9-10-35(43)27-31)40-21-15-34(16-22-40)45-30-37-6-2-24-51-47(37)49-42(45)8-4-26-53-49;1-30-24-39(19-21-41(30)43-26-31-10-11-36(43)25-31)49(38-17-14-33(15-18-38)35-13-12-32-6-2-3-7-34(32)27-35)40-20-22-45(48-29-40)37-16-23-47-44(28-37)42-8-4-5-9-46(42)50-47/h1-8,11-26,29-31,35,43H,9-10,27-28H2;2-9,12-24,27-29,31,36,43H,10-11,25-26H2,1H3. The van der Waals surface area contributed by atoms with Crippen LogP contribution in [0.25, 0.3) is 119 Å². The molecule has 4 aliphatic rings. The van der Waals surface area contributed by atoms with Gasteiger partial charge in [-0.1, -0.05) is 152 Å². The lowest BCUT2D eigenvalue weighted by Gasteiger charge is -2.28. The molecule has 8 heteroatoms. The monoisotopic (exact) mass is 1360 g/mol. The summed E-state index contributed by atoms with van der Waals surface area (Å²) in [5, 5.41) is 9.53. The fourth-order valence-electron chi connectivity index (χ4n) is 18.6. The Kier molecular flexibility index (Phi) is 15.5. The summed E-state index contributed by atoms with van der Waals surface area (Å²) >= 11 is 1.85. The number of aromatic nitrogens is 5. The van der Waals surface area contributed by atoms with Crippen molar-refractivity contribution in [2.75, 3.05) is 9.80 Å². The third-order valence-corrected chi connectivity index (χ3v) is 24.8. The van der Waals surface area contributed by atoms with Gasteiger partial charge in [-0.3, -0.25) is 24.9 Å². The highest BCUT2D eigenvalue weighted by molar-refractivity contribution is 7.25. The average Bonchev–Trinajstić information content (AvgIpc) is 1.37. The Labute approximate surface area is 609 Å². The van der Waals surface area contributed by atoms with E-state index in [0.29, 0.717) is 5.92 Å². The molecule has 4 fully saturated rings. The summed E-state index contributed by atoms with van der Waals surface area (Å²) in [6.45, 7) is 2.32. The summed E-state index contributed by atoms with van der Waals surface area (Å²) < 4.78 is 2.64. The van der Waals surface area contributed by atoms with Crippen molar-refractivity contribution in [1.29, 1.82) is 0 Å². The number of pyridine rings is 5. The summed E-state index contributed by atoms with van der Waals surface area (Å²) in [5.41, 5.74) is 24.1. The second-order valence-corrected chi connectivity index (χ2v) is 30.7. The van der Waals surface area contributed by atoms with E-state index in [0.717, 1.165) is 135 Å². The van der Waals surface area contributed by atoms with Crippen LogP contribution in [-0.2, 0) is 0 Å². The van der Waals surface area contributed by atoms with Crippen molar-refractivity contribution < 1.29 is 0 Å². The summed E-state index contributed by atoms with van der Waals surface area (Å²) in [6.07, 6.45) is 20.6. The molecule has 17 aromatic rings. The van der Waals surface area contributed by atoms with Crippen molar-refractivity contribution in [3.63, 3.8) is 0 Å². The molecule has 6 unspecified atom stereocenters. The van der Waals surface area contributed by atoms with E-state index in [9.17, 15) is 0 Å². The molecule has 4 bridgehead atoms. The van der Waals surface area contributed by atoms with Crippen LogP contribution in [0.3, 0.4) is 0 Å². The number of hydrogen-bond acceptors (Lipinski definition) is 8. The van der Waals surface area contributed by atoms with E-state index >= 15 is 0 Å². The van der Waals surface area contributed by atoms with Gasteiger partial charge < -0.3 is 9.80 Å². The quantitative estimate of drug-likeness (QED) is 0.113. The molecule has 11 aromatic carbocycles. The van der Waals surface area contributed by atoms with Crippen molar-refractivity contribution in [2.24, 2.45) is 23.7 Å². The Balaban J connectivity index is 0.000000139. The number of hydrogen-bond donors (Lipinski definition) is 0. The number of rotatable bonds is 12. The fourth-order valence-corrected chi connectivity index (χ4v) is 19.7. The highest BCUT2D eigenvalue weighted by Crippen LogP contribution is 2.55. The maximum atomic E-state index is 5.08. The van der Waals surface area contributed by atoms with Crippen LogP contribution in [0.1, 0.15) is 79.9 Å². The Bertz CT molecular complexity index is 5970. The van der Waals surface area contributed by atoms with Crippen molar-refractivity contribution in [1.82, 2.24) is 24.9 Å². The first-order valence-electron chi connectivity index (χ1n) is 37.1. The van der Waals surface area contributed by atoms with Crippen LogP contribution in [-0.4, -0.2) is 24.9 Å². The molecule has 104 heavy (non-hydrogen) atoms. The van der Waals surface area contributed by atoms with Gasteiger partial charge in [0, 0.05) is 101 Å². The molecule has 0 aliphatic heterocycles. The predicted molar refractivity (Wildman–Crippen MR) is 435 cm³/mol. The summed E-state index contributed by atoms with van der Waals surface area (Å²) in [6, 6.07) is 99.8. The molecule has 0 spiro atoms. The zero-order valence-electron chi connectivity index (χ0n) is 58.0. The van der Waals surface area contributed by atoms with Gasteiger partial charge in [0.05, 0.1) is 39.6 Å². The smallest absolute Gasteiger partial charge is 0.0970 e. The predicted octanol–water partition coefficient (Wildman–Crippen LogP) is 26.2. The Morgan fingerprint density at radius 3 is 1.39 bits per heavy atom. The minimum atomic E-state index is 0.702. The topological polar surface area (TPSA) is 70.9 Å². The van der Waals surface area contributed by atoms with Gasteiger partial charge in [0.1, 0.15) is 0 Å². The van der Waals surface area contributed by atoms with Crippen LogP contribution >= 0.6 is 11.3 Å². The van der Waals surface area contributed by atoms with E-state index in [1.54, 1.807) is 5.56 Å². The molecule has 0 radical (unpaired) electrons. The number of anilines is 6. The maximum Gasteiger partial charge on any atom is 0.0970 e. The Morgan fingerprint density at radius 1 is 0.317 bits per heavy atom. The normalized spacial score (nSPS) is 18.1. The van der Waals surface area contributed by atoms with Crippen LogP contribution in [0.15, 0.2) is 304 Å². The van der Waals surface area contributed by atoms with Crippen LogP contribution in [0.5, 0.6) is 0 Å². The molecule has 0 N–H and O–H groups in total. The maximum absolute atomic E-state index is 5.08. The van der Waals surface area contributed by atoms with E-state index in [1.165, 1.54) is 110 Å². The first kappa shape index (κ1) is 62.1. The molecule has 6 atom stereocenters. The van der Waals surface area contributed by atoms with E-state index < -0.39 is 0 Å². The van der Waals surface area contributed by atoms with Crippen molar-refractivity contribution in [3.8, 4) is 44.6 Å². The highest BCUT2D eigenvalue weighted by Gasteiger charge is 2.41. The molecule has 4 aliphatic carbocycles. The lowest BCUT2D eigenvalue weighted by molar-refractivity contribution is 0.419. The minimum absolute atomic E-state index is 0.702. The van der Waals surface area contributed by atoms with Gasteiger partial charge >= 0.3 is 0 Å². The molecule has 7 nitrogen and oxygen atoms in total. The first-order valence-corrected chi connectivity index (χ1v) is 37.9. The molecular weight excluding hydrogens is 1280 g/mol. The van der Waals surface area contributed by atoms with E-state index in [1.807, 2.05) is 66.6 Å². The molecular formula is C96H75N7S. The second kappa shape index (κ2) is 26.0. The van der Waals surface area contributed by atoms with Gasteiger partial charge in [-0.25, -0.2) is 0 Å². The SMILES string of the molecule is Cc1cc(N(c2ccc(-c3ccc4ccccc4c3)cc2)c2ccc(-c3ccc4sc5ccccc5c4c3)nc2)ccc1C1CC2CCC1C2.c1cnc2c(c1)cc(-c1ccc(N(c3ccc(-c4cc5cccnc5c5ncccc45)cc3)c3ccc(C4CC5CCC4C5)cc3)cc1)c1cccnc12. The Hall–Kier alpha value is -11.7. The molecule has 21 rings (SSSR count). The van der Waals surface area contributed by atoms with Crippen molar-refractivity contribution in [2.45, 2.75) is 70.1 Å². The minimum Gasteiger partial charge on any atom is -0.311 e. The molecule has 0 amide bonds. The third kappa shape index (κ3) is 11.2. The zero-order chi connectivity index (χ0) is 68.8. The van der Waals surface area contributed by atoms with Crippen LogP contribution < -0.4 is 9.80 Å². The molecule has 6 heterocycles. The second-order valence-electron chi connectivity index (χ2n) is 29.6. The van der Waals surface area contributed by atoms with Crippen molar-refractivity contribution in [3.05, 3.63) is 321 Å². The van der Waals surface area contributed by atoms with E-state index in [4.69, 9.17) is 15.0 Å². The zero-order valence-corrected chi connectivity index (χ0v) is 58.8. The number of fused-ring (bicyclic) bond motifs is 14. The molecule has 0 saturated heterocycles. The first-order chi connectivity index (χ1) is 51.4. The summed E-state index contributed by atoms with van der Waals surface area (Å²) in [4.78, 5) is 28.7. The van der Waals surface area contributed by atoms with Crippen LogP contribution in [0, 0.1) is 30.6 Å². The van der Waals surface area contributed by atoms with Gasteiger partial charge in [-0.05, 0) is 275 Å².